The van der Waals surface area contributed by atoms with E-state index in [1.54, 1.807) is 6.92 Å². The van der Waals surface area contributed by atoms with Gasteiger partial charge in [-0.1, -0.05) is 13.0 Å². The number of benzene rings is 1. The van der Waals surface area contributed by atoms with E-state index in [-0.39, 0.29) is 23.8 Å². The minimum absolute atomic E-state index is 0.000567. The van der Waals surface area contributed by atoms with Crippen LogP contribution in [0.5, 0.6) is 5.75 Å². The van der Waals surface area contributed by atoms with Gasteiger partial charge in [-0.15, -0.1) is 0 Å². The average Bonchev–Trinajstić information content (AvgIpc) is 3.21. The Hall–Kier alpha value is -1.43. The maximum absolute atomic E-state index is 12.2. The first kappa shape index (κ1) is 25.2. The van der Waals surface area contributed by atoms with Crippen molar-refractivity contribution >= 4 is 34.4 Å². The quantitative estimate of drug-likeness (QED) is 0.354. The highest BCUT2D eigenvalue weighted by molar-refractivity contribution is 14.1. The van der Waals surface area contributed by atoms with Crippen LogP contribution in [0.25, 0.3) is 0 Å². The van der Waals surface area contributed by atoms with E-state index in [1.807, 2.05) is 0 Å². The van der Waals surface area contributed by atoms with E-state index < -0.39 is 0 Å². The number of amides is 2. The molecular formula is C23H36IN5O3. The van der Waals surface area contributed by atoms with Crippen LogP contribution in [0.3, 0.4) is 0 Å². The first-order valence-electron chi connectivity index (χ1n) is 11.6. The van der Waals surface area contributed by atoms with E-state index in [2.05, 4.69) is 61.2 Å². The molecule has 0 radical (unpaired) electrons. The molecule has 0 spiro atoms. The third kappa shape index (κ3) is 8.17. The van der Waals surface area contributed by atoms with Gasteiger partial charge < -0.3 is 21.1 Å². The second-order valence-electron chi connectivity index (χ2n) is 8.84. The van der Waals surface area contributed by atoms with E-state index in [1.165, 1.54) is 5.56 Å². The molecule has 2 heterocycles. The molecule has 2 aliphatic heterocycles. The number of likely N-dealkylation sites (tertiary alicyclic amines) is 1. The maximum Gasteiger partial charge on any atom is 0.220 e. The number of piperazine rings is 1. The second-order valence-corrected chi connectivity index (χ2v) is 10.00. The topological polar surface area (TPSA) is 99.9 Å². The van der Waals surface area contributed by atoms with E-state index in [9.17, 15) is 9.59 Å². The van der Waals surface area contributed by atoms with Gasteiger partial charge in [-0.3, -0.25) is 19.4 Å². The molecule has 2 saturated heterocycles. The highest BCUT2D eigenvalue weighted by Crippen LogP contribution is 2.24. The average molecular weight is 557 g/mol. The van der Waals surface area contributed by atoms with Crippen molar-refractivity contribution in [3.63, 3.8) is 0 Å². The summed E-state index contributed by atoms with van der Waals surface area (Å²) in [6.45, 7) is 10.3. The predicted octanol–water partition coefficient (Wildman–Crippen LogP) is 1.17. The van der Waals surface area contributed by atoms with Crippen molar-refractivity contribution in [3.05, 3.63) is 27.3 Å². The Balaban J connectivity index is 1.41. The SMILES string of the molecule is C[C@@H](CCC(=O)N[C@H]1CCN(Cc2ccc(I)c(OCCN3CCNCC3)c2)C1)C(N)=O. The molecule has 2 amide bonds. The lowest BCUT2D eigenvalue weighted by Crippen LogP contribution is -2.44. The molecule has 178 valence electrons. The summed E-state index contributed by atoms with van der Waals surface area (Å²) in [5.41, 5.74) is 6.49. The van der Waals surface area contributed by atoms with Crippen LogP contribution in [0.2, 0.25) is 0 Å². The number of rotatable bonds is 11. The van der Waals surface area contributed by atoms with Crippen LogP contribution in [0.1, 0.15) is 31.7 Å². The monoisotopic (exact) mass is 557 g/mol. The van der Waals surface area contributed by atoms with Crippen LogP contribution < -0.4 is 21.1 Å². The van der Waals surface area contributed by atoms with E-state index >= 15 is 0 Å². The van der Waals surface area contributed by atoms with Crippen molar-refractivity contribution in [2.75, 3.05) is 52.4 Å². The molecule has 3 rings (SSSR count). The predicted molar refractivity (Wildman–Crippen MR) is 133 cm³/mol. The molecule has 4 N–H and O–H groups in total. The number of halogens is 1. The fourth-order valence-electron chi connectivity index (χ4n) is 4.12. The summed E-state index contributed by atoms with van der Waals surface area (Å²) in [6, 6.07) is 6.58. The molecule has 0 aliphatic carbocycles. The molecule has 0 aromatic heterocycles. The Labute approximate surface area is 204 Å². The highest BCUT2D eigenvalue weighted by atomic mass is 127. The normalized spacial score (nSPS) is 20.8. The van der Waals surface area contributed by atoms with E-state index in [4.69, 9.17) is 10.5 Å². The number of ether oxygens (including phenoxy) is 1. The third-order valence-electron chi connectivity index (χ3n) is 6.20. The van der Waals surface area contributed by atoms with Gasteiger partial charge in [0, 0.05) is 70.7 Å². The van der Waals surface area contributed by atoms with Gasteiger partial charge >= 0.3 is 0 Å². The summed E-state index contributed by atoms with van der Waals surface area (Å²) < 4.78 is 7.23. The fraction of sp³-hybridized carbons (Fsp3) is 0.652. The van der Waals surface area contributed by atoms with Crippen molar-refractivity contribution in [2.24, 2.45) is 11.7 Å². The molecular weight excluding hydrogens is 521 g/mol. The fourth-order valence-corrected chi connectivity index (χ4v) is 4.61. The maximum atomic E-state index is 12.2. The van der Waals surface area contributed by atoms with Gasteiger partial charge in [0.1, 0.15) is 12.4 Å². The molecule has 8 nitrogen and oxygen atoms in total. The van der Waals surface area contributed by atoms with Crippen molar-refractivity contribution in [1.82, 2.24) is 20.4 Å². The molecule has 9 heteroatoms. The summed E-state index contributed by atoms with van der Waals surface area (Å²) in [5, 5.41) is 6.47. The number of nitrogens with two attached hydrogens (primary N) is 1. The Morgan fingerprint density at radius 2 is 2.06 bits per heavy atom. The molecule has 2 fully saturated rings. The number of hydrogen-bond donors (Lipinski definition) is 3. The number of nitrogens with zero attached hydrogens (tertiary/aromatic N) is 2. The highest BCUT2D eigenvalue weighted by Gasteiger charge is 2.24. The van der Waals surface area contributed by atoms with Gasteiger partial charge in [-0.05, 0) is 53.1 Å². The zero-order valence-corrected chi connectivity index (χ0v) is 21.1. The number of nitrogens with one attached hydrogen (secondary N) is 2. The molecule has 1 aromatic rings. The van der Waals surface area contributed by atoms with Crippen LogP contribution in [-0.2, 0) is 16.1 Å². The number of carbonyl (C=O) groups excluding carboxylic acids is 2. The van der Waals surface area contributed by atoms with Gasteiger partial charge in [-0.25, -0.2) is 0 Å². The summed E-state index contributed by atoms with van der Waals surface area (Å²) in [5.74, 6) is 0.328. The van der Waals surface area contributed by atoms with Gasteiger partial charge in [0.25, 0.3) is 0 Å². The van der Waals surface area contributed by atoms with Crippen LogP contribution in [-0.4, -0.2) is 80.1 Å². The summed E-state index contributed by atoms with van der Waals surface area (Å²) in [4.78, 5) is 28.1. The number of carbonyl (C=O) groups is 2. The van der Waals surface area contributed by atoms with Gasteiger partial charge in [-0.2, -0.15) is 0 Å². The molecule has 0 saturated carbocycles. The number of hydrogen-bond acceptors (Lipinski definition) is 6. The molecule has 2 aliphatic rings. The molecule has 0 bridgehead atoms. The van der Waals surface area contributed by atoms with Crippen LogP contribution in [0, 0.1) is 9.49 Å². The third-order valence-corrected chi connectivity index (χ3v) is 7.10. The van der Waals surface area contributed by atoms with Gasteiger partial charge in [0.15, 0.2) is 0 Å². The molecule has 0 unspecified atom stereocenters. The van der Waals surface area contributed by atoms with Crippen LogP contribution >= 0.6 is 22.6 Å². The Morgan fingerprint density at radius 3 is 2.81 bits per heavy atom. The standard InChI is InChI=1S/C23H36IN5O3/c1-17(23(25)31)2-5-22(30)27-19-6-9-29(16-19)15-18-3-4-20(24)21(14-18)32-13-12-28-10-7-26-8-11-28/h3-4,14,17,19,26H,2,5-13,15-16H2,1H3,(H2,25,31)(H,27,30)/t17-,19-/m0/s1. The van der Waals surface area contributed by atoms with Crippen LogP contribution in [0.15, 0.2) is 18.2 Å². The van der Waals surface area contributed by atoms with Crippen molar-refractivity contribution in [3.8, 4) is 5.75 Å². The largest absolute Gasteiger partial charge is 0.491 e. The Kier molecular flexibility index (Phi) is 10.0. The molecule has 1 aromatic carbocycles. The van der Waals surface area contributed by atoms with Gasteiger partial charge in [0.05, 0.1) is 3.57 Å². The lowest BCUT2D eigenvalue weighted by atomic mass is 10.0. The zero-order chi connectivity index (χ0) is 22.9. The minimum Gasteiger partial charge on any atom is -0.491 e. The summed E-state index contributed by atoms with van der Waals surface area (Å²) in [6.07, 6.45) is 1.78. The number of primary amides is 1. The lowest BCUT2D eigenvalue weighted by molar-refractivity contribution is -0.123. The molecule has 2 atom stereocenters. The van der Waals surface area contributed by atoms with Crippen molar-refractivity contribution in [1.29, 1.82) is 0 Å². The van der Waals surface area contributed by atoms with Crippen molar-refractivity contribution < 1.29 is 14.3 Å². The Bertz CT molecular complexity index is 772. The molecule has 32 heavy (non-hydrogen) atoms. The smallest absolute Gasteiger partial charge is 0.220 e. The van der Waals surface area contributed by atoms with E-state index in [0.717, 1.165) is 68.1 Å². The minimum atomic E-state index is -0.352. The van der Waals surface area contributed by atoms with Crippen LogP contribution in [0.4, 0.5) is 0 Å². The van der Waals surface area contributed by atoms with Gasteiger partial charge in [0.2, 0.25) is 11.8 Å². The summed E-state index contributed by atoms with van der Waals surface area (Å²) in [7, 11) is 0. The second kappa shape index (κ2) is 12.7. The first-order valence-corrected chi connectivity index (χ1v) is 12.6. The van der Waals surface area contributed by atoms with Crippen molar-refractivity contribution in [2.45, 2.75) is 38.8 Å². The lowest BCUT2D eigenvalue weighted by Gasteiger charge is -2.27. The zero-order valence-electron chi connectivity index (χ0n) is 18.9. The Morgan fingerprint density at radius 1 is 1.28 bits per heavy atom. The van der Waals surface area contributed by atoms with E-state index in [0.29, 0.717) is 19.4 Å². The first-order chi connectivity index (χ1) is 15.4. The summed E-state index contributed by atoms with van der Waals surface area (Å²) >= 11 is 2.33.